The number of nitrogens with two attached hydrogens (primary N) is 1. The fourth-order valence-electron chi connectivity index (χ4n) is 4.30. The third-order valence-corrected chi connectivity index (χ3v) is 7.04. The van der Waals surface area contributed by atoms with E-state index in [9.17, 15) is 4.79 Å². The minimum absolute atomic E-state index is 0.125. The maximum atomic E-state index is 13.3. The van der Waals surface area contributed by atoms with Crippen LogP contribution in [0.15, 0.2) is 72.5 Å². The topological polar surface area (TPSA) is 116 Å². The lowest BCUT2D eigenvalue weighted by molar-refractivity contribution is 0.0934. The molecule has 3 N–H and O–H groups in total. The van der Waals surface area contributed by atoms with E-state index in [2.05, 4.69) is 38.4 Å². The monoisotopic (exact) mass is 518 g/mol. The van der Waals surface area contributed by atoms with Gasteiger partial charge in [-0.2, -0.15) is 10.2 Å². The number of nitrogen functional groups attached to an aromatic ring is 1. The molecular formula is C28H22N8OS. The molecule has 0 bridgehead atoms. The summed E-state index contributed by atoms with van der Waals surface area (Å²) >= 11 is 1.57. The molecule has 0 fully saturated rings. The zero-order valence-electron chi connectivity index (χ0n) is 20.6. The normalized spacial score (nSPS) is 11.8. The number of carbonyl (C=O) groups excluding carboxylic acids is 1. The van der Waals surface area contributed by atoms with Crippen LogP contribution in [0.5, 0.6) is 0 Å². The minimum Gasteiger partial charge on any atom is -0.382 e. The molecule has 6 rings (SSSR count). The number of amides is 1. The van der Waals surface area contributed by atoms with E-state index >= 15 is 0 Å². The van der Waals surface area contributed by atoms with Crippen molar-refractivity contribution in [1.82, 2.24) is 34.7 Å². The minimum atomic E-state index is -0.379. The number of rotatable bonds is 4. The van der Waals surface area contributed by atoms with Gasteiger partial charge in [-0.1, -0.05) is 42.2 Å². The SMILES string of the molecule is C[C@H](NC(=O)c1c(N)nc2cccnn12)c1cc2scc(C#Cc3cnn(C)c3)c2nc1-c1ccccc1. The van der Waals surface area contributed by atoms with Crippen molar-refractivity contribution >= 4 is 38.9 Å². The Hall–Kier alpha value is -5.01. The molecule has 0 aliphatic heterocycles. The largest absolute Gasteiger partial charge is 0.382 e. The van der Waals surface area contributed by atoms with Gasteiger partial charge in [0.25, 0.3) is 5.91 Å². The molecule has 10 heteroatoms. The molecule has 0 saturated heterocycles. The first kappa shape index (κ1) is 23.4. The number of imidazole rings is 1. The Labute approximate surface area is 222 Å². The van der Waals surface area contributed by atoms with Gasteiger partial charge in [0.15, 0.2) is 17.2 Å². The van der Waals surface area contributed by atoms with Crippen LogP contribution in [0.4, 0.5) is 5.82 Å². The van der Waals surface area contributed by atoms with Crippen LogP contribution < -0.4 is 11.1 Å². The Bertz CT molecular complexity index is 1870. The Morgan fingerprint density at radius 2 is 1.95 bits per heavy atom. The molecule has 0 aliphatic rings. The summed E-state index contributed by atoms with van der Waals surface area (Å²) in [7, 11) is 1.86. The standard InChI is InChI=1S/C28H22N8OS/c1-17(32-28(37)26-27(29)33-23-9-6-12-30-36(23)26)21-13-22-25(34-24(21)19-7-4-3-5-8-19)20(16-38-22)11-10-18-14-31-35(2)15-18/h3-9,12-17H,29H2,1-2H3,(H,32,37)/t17-/m0/s1. The third-order valence-electron chi connectivity index (χ3n) is 6.12. The van der Waals surface area contributed by atoms with E-state index in [0.717, 1.165) is 38.2 Å². The van der Waals surface area contributed by atoms with Gasteiger partial charge in [0.2, 0.25) is 0 Å². The molecule has 0 aliphatic carbocycles. The first-order chi connectivity index (χ1) is 18.5. The van der Waals surface area contributed by atoms with Crippen molar-refractivity contribution < 1.29 is 4.79 Å². The van der Waals surface area contributed by atoms with Crippen molar-refractivity contribution in [2.45, 2.75) is 13.0 Å². The molecule has 1 aromatic carbocycles. The molecule has 0 unspecified atom stereocenters. The van der Waals surface area contributed by atoms with E-state index in [1.165, 1.54) is 4.52 Å². The molecule has 5 heterocycles. The summed E-state index contributed by atoms with van der Waals surface area (Å²) in [5.74, 6) is 6.17. The summed E-state index contributed by atoms with van der Waals surface area (Å²) in [4.78, 5) is 22.6. The van der Waals surface area contributed by atoms with Crippen molar-refractivity contribution in [3.8, 4) is 23.1 Å². The summed E-state index contributed by atoms with van der Waals surface area (Å²) < 4.78 is 4.15. The number of fused-ring (bicyclic) bond motifs is 2. The van der Waals surface area contributed by atoms with Crippen LogP contribution in [0.3, 0.4) is 0 Å². The quantitative estimate of drug-likeness (QED) is 0.338. The van der Waals surface area contributed by atoms with Crippen LogP contribution in [-0.2, 0) is 7.05 Å². The van der Waals surface area contributed by atoms with Crippen LogP contribution in [0, 0.1) is 11.8 Å². The van der Waals surface area contributed by atoms with Crippen molar-refractivity contribution in [3.63, 3.8) is 0 Å². The second kappa shape index (κ2) is 9.46. The van der Waals surface area contributed by atoms with E-state index < -0.39 is 0 Å². The first-order valence-corrected chi connectivity index (χ1v) is 12.7. The zero-order valence-corrected chi connectivity index (χ0v) is 21.4. The number of carbonyl (C=O) groups is 1. The fraction of sp³-hybridized carbons (Fsp3) is 0.107. The van der Waals surface area contributed by atoms with Crippen molar-refractivity contribution in [3.05, 3.63) is 94.9 Å². The molecule has 0 spiro atoms. The van der Waals surface area contributed by atoms with Crippen LogP contribution in [0.25, 0.3) is 27.1 Å². The lowest BCUT2D eigenvalue weighted by Gasteiger charge is -2.18. The summed E-state index contributed by atoms with van der Waals surface area (Å²) in [6, 6.07) is 15.1. The van der Waals surface area contributed by atoms with Crippen LogP contribution in [0.1, 0.15) is 40.1 Å². The number of thiophene rings is 1. The van der Waals surface area contributed by atoms with Crippen LogP contribution in [0.2, 0.25) is 0 Å². The summed E-state index contributed by atoms with van der Waals surface area (Å²) in [5, 5.41) is 13.5. The smallest absolute Gasteiger partial charge is 0.274 e. The second-order valence-corrected chi connectivity index (χ2v) is 9.69. The van der Waals surface area contributed by atoms with Gasteiger partial charge in [0, 0.05) is 35.9 Å². The number of hydrogen-bond donors (Lipinski definition) is 2. The third kappa shape index (κ3) is 4.25. The first-order valence-electron chi connectivity index (χ1n) is 11.9. The van der Waals surface area contributed by atoms with Gasteiger partial charge in [-0.3, -0.25) is 9.48 Å². The van der Waals surface area contributed by atoms with Crippen LogP contribution in [-0.4, -0.2) is 35.3 Å². The highest BCUT2D eigenvalue weighted by Crippen LogP contribution is 2.34. The summed E-state index contributed by atoms with van der Waals surface area (Å²) in [6.07, 6.45) is 5.20. The van der Waals surface area contributed by atoms with Gasteiger partial charge in [0.05, 0.1) is 39.3 Å². The van der Waals surface area contributed by atoms with Crippen molar-refractivity contribution in [1.29, 1.82) is 0 Å². The summed E-state index contributed by atoms with van der Waals surface area (Å²) in [5.41, 5.74) is 11.9. The highest BCUT2D eigenvalue weighted by molar-refractivity contribution is 7.17. The van der Waals surface area contributed by atoms with E-state index in [-0.39, 0.29) is 23.5 Å². The zero-order chi connectivity index (χ0) is 26.2. The van der Waals surface area contributed by atoms with Gasteiger partial charge in [-0.15, -0.1) is 11.3 Å². The Kier molecular flexibility index (Phi) is 5.82. The number of pyridine rings is 1. The number of nitrogens with one attached hydrogen (secondary N) is 1. The average Bonchev–Trinajstić information content (AvgIpc) is 3.62. The second-order valence-electron chi connectivity index (χ2n) is 8.78. The predicted octanol–water partition coefficient (Wildman–Crippen LogP) is 4.21. The molecule has 1 amide bonds. The molecule has 1 atom stereocenters. The van der Waals surface area contributed by atoms with Gasteiger partial charge < -0.3 is 11.1 Å². The molecular weight excluding hydrogens is 496 g/mol. The highest BCUT2D eigenvalue weighted by Gasteiger charge is 2.23. The number of anilines is 1. The average molecular weight is 519 g/mol. The maximum Gasteiger partial charge on any atom is 0.274 e. The lowest BCUT2D eigenvalue weighted by atomic mass is 10.00. The number of hydrogen-bond acceptors (Lipinski definition) is 7. The molecule has 38 heavy (non-hydrogen) atoms. The Morgan fingerprint density at radius 3 is 2.74 bits per heavy atom. The molecule has 6 aromatic rings. The number of benzene rings is 1. The van der Waals surface area contributed by atoms with Crippen LogP contribution >= 0.6 is 11.3 Å². The lowest BCUT2D eigenvalue weighted by Crippen LogP contribution is -2.29. The predicted molar refractivity (Wildman–Crippen MR) is 148 cm³/mol. The fourth-order valence-corrected chi connectivity index (χ4v) is 5.18. The highest BCUT2D eigenvalue weighted by atomic mass is 32.1. The molecule has 9 nitrogen and oxygen atoms in total. The molecule has 5 aromatic heterocycles. The van der Waals surface area contributed by atoms with E-state index in [1.54, 1.807) is 40.5 Å². The van der Waals surface area contributed by atoms with Gasteiger partial charge in [0.1, 0.15) is 0 Å². The summed E-state index contributed by atoms with van der Waals surface area (Å²) in [6.45, 7) is 1.93. The van der Waals surface area contributed by atoms with E-state index in [1.807, 2.05) is 55.9 Å². The van der Waals surface area contributed by atoms with Gasteiger partial charge >= 0.3 is 0 Å². The maximum absolute atomic E-state index is 13.3. The number of nitrogens with zero attached hydrogens (tertiary/aromatic N) is 6. The Balaban J connectivity index is 1.40. The van der Waals surface area contributed by atoms with Gasteiger partial charge in [-0.25, -0.2) is 14.5 Å². The van der Waals surface area contributed by atoms with Crippen molar-refractivity contribution in [2.75, 3.05) is 5.73 Å². The van der Waals surface area contributed by atoms with Crippen molar-refractivity contribution in [2.24, 2.45) is 7.05 Å². The van der Waals surface area contributed by atoms with Gasteiger partial charge in [-0.05, 0) is 25.1 Å². The van der Waals surface area contributed by atoms with E-state index in [4.69, 9.17) is 10.7 Å². The molecule has 186 valence electrons. The van der Waals surface area contributed by atoms with E-state index in [0.29, 0.717) is 5.65 Å². The Morgan fingerprint density at radius 1 is 1.11 bits per heavy atom. The molecule has 0 radical (unpaired) electrons. The number of aryl methyl sites for hydroxylation is 1. The number of aromatic nitrogens is 6. The molecule has 0 saturated carbocycles.